The molecule has 0 amide bonds. The van der Waals surface area contributed by atoms with E-state index in [1.807, 2.05) is 18.0 Å². The summed E-state index contributed by atoms with van der Waals surface area (Å²) in [5.41, 5.74) is 0. The van der Waals surface area contributed by atoms with Gasteiger partial charge in [-0.1, -0.05) is 18.9 Å². The molecule has 1 fully saturated rings. The fourth-order valence-corrected chi connectivity index (χ4v) is 3.62. The molecule has 1 aliphatic rings. The van der Waals surface area contributed by atoms with Crippen LogP contribution in [0.2, 0.25) is 0 Å². The molecular weight excluding hydrogens is 451 g/mol. The van der Waals surface area contributed by atoms with Gasteiger partial charge in [-0.05, 0) is 38.0 Å². The first-order valence-electron chi connectivity index (χ1n) is 8.98. The molecule has 0 heterocycles. The zero-order valence-corrected chi connectivity index (χ0v) is 18.8. The summed E-state index contributed by atoms with van der Waals surface area (Å²) in [6.45, 7) is 5.59. The second-order valence-electron chi connectivity index (χ2n) is 6.50. The molecule has 0 aromatic heterocycles. The van der Waals surface area contributed by atoms with Crippen molar-refractivity contribution < 1.29 is 8.42 Å². The third-order valence-corrected chi connectivity index (χ3v) is 5.79. The summed E-state index contributed by atoms with van der Waals surface area (Å²) in [6.07, 6.45) is 9.93. The smallest absolute Gasteiger partial charge is 0.213 e. The lowest BCUT2D eigenvalue weighted by atomic mass is 9.86. The number of allylic oxidation sites excluding steroid dienone is 1. The predicted molar refractivity (Wildman–Crippen MR) is 117 cm³/mol. The van der Waals surface area contributed by atoms with Gasteiger partial charge in [-0.2, -0.15) is 0 Å². The van der Waals surface area contributed by atoms with Gasteiger partial charge in [0.2, 0.25) is 10.0 Å². The van der Waals surface area contributed by atoms with Crippen LogP contribution in [0.5, 0.6) is 0 Å². The first-order valence-corrected chi connectivity index (χ1v) is 10.6. The lowest BCUT2D eigenvalue weighted by Gasteiger charge is -2.25. The number of nitrogens with one attached hydrogen (secondary N) is 2. The van der Waals surface area contributed by atoms with Gasteiger partial charge in [-0.25, -0.2) is 13.1 Å². The van der Waals surface area contributed by atoms with Gasteiger partial charge in [0.1, 0.15) is 0 Å². The Hall–Kier alpha value is -0.350. The minimum atomic E-state index is -3.21. The molecule has 25 heavy (non-hydrogen) atoms. The minimum absolute atomic E-state index is 0. The summed E-state index contributed by atoms with van der Waals surface area (Å²) in [6, 6.07) is 0. The van der Waals surface area contributed by atoms with Crippen LogP contribution in [0, 0.1) is 5.92 Å². The number of hydrogen-bond acceptors (Lipinski definition) is 3. The van der Waals surface area contributed by atoms with Crippen LogP contribution in [0.4, 0.5) is 0 Å². The van der Waals surface area contributed by atoms with Crippen molar-refractivity contribution in [1.29, 1.82) is 0 Å². The second-order valence-corrected chi connectivity index (χ2v) is 8.42. The van der Waals surface area contributed by atoms with Crippen molar-refractivity contribution in [3.8, 4) is 0 Å². The van der Waals surface area contributed by atoms with Crippen molar-refractivity contribution >= 4 is 40.0 Å². The van der Waals surface area contributed by atoms with Gasteiger partial charge in [0.05, 0.1) is 5.75 Å². The first kappa shape index (κ1) is 24.7. The number of aliphatic imine (C=N–C) groups is 1. The summed E-state index contributed by atoms with van der Waals surface area (Å²) in [5.74, 6) is 1.35. The van der Waals surface area contributed by atoms with Crippen LogP contribution in [0.15, 0.2) is 17.6 Å². The lowest BCUT2D eigenvalue weighted by molar-refractivity contribution is 0.316. The Balaban J connectivity index is 0.00000576. The molecule has 1 aliphatic carbocycles. The molecule has 6 nitrogen and oxygen atoms in total. The third-order valence-electron chi connectivity index (χ3n) is 4.45. The summed E-state index contributed by atoms with van der Waals surface area (Å²) in [4.78, 5) is 6.26. The van der Waals surface area contributed by atoms with E-state index in [0.717, 1.165) is 51.0 Å². The van der Waals surface area contributed by atoms with Gasteiger partial charge >= 0.3 is 0 Å². The quantitative estimate of drug-likeness (QED) is 0.146. The Morgan fingerprint density at radius 1 is 1.32 bits per heavy atom. The van der Waals surface area contributed by atoms with Crippen LogP contribution in [0.1, 0.15) is 44.9 Å². The van der Waals surface area contributed by atoms with Crippen molar-refractivity contribution in [3.05, 3.63) is 12.7 Å². The van der Waals surface area contributed by atoms with E-state index in [-0.39, 0.29) is 29.7 Å². The Labute approximate surface area is 171 Å². The fraction of sp³-hybridized carbons (Fsp3) is 0.824. The maximum atomic E-state index is 12.0. The number of rotatable bonds is 12. The van der Waals surface area contributed by atoms with Gasteiger partial charge in [0.25, 0.3) is 0 Å². The largest absolute Gasteiger partial charge is 0.355 e. The number of hydrogen-bond donors (Lipinski definition) is 2. The molecule has 0 atom stereocenters. The summed E-state index contributed by atoms with van der Waals surface area (Å²) in [5, 5.41) is 3.13. The molecule has 0 aliphatic heterocycles. The summed E-state index contributed by atoms with van der Waals surface area (Å²) >= 11 is 0. The number of sulfonamides is 1. The van der Waals surface area contributed by atoms with Gasteiger partial charge < -0.3 is 10.2 Å². The first-order chi connectivity index (χ1) is 11.5. The number of halogens is 1. The van der Waals surface area contributed by atoms with Crippen molar-refractivity contribution in [2.24, 2.45) is 10.9 Å². The van der Waals surface area contributed by atoms with Crippen molar-refractivity contribution in [2.45, 2.75) is 44.9 Å². The highest BCUT2D eigenvalue weighted by atomic mass is 127. The van der Waals surface area contributed by atoms with Crippen LogP contribution in [0.25, 0.3) is 0 Å². The molecule has 0 radical (unpaired) electrons. The normalized spacial score (nSPS) is 15.2. The molecule has 8 heteroatoms. The monoisotopic (exact) mass is 486 g/mol. The van der Waals surface area contributed by atoms with Crippen LogP contribution in [0.3, 0.4) is 0 Å². The molecule has 0 spiro atoms. The Bertz CT molecular complexity index is 493. The van der Waals surface area contributed by atoms with Crippen molar-refractivity contribution in [3.63, 3.8) is 0 Å². The highest BCUT2D eigenvalue weighted by Crippen LogP contribution is 2.25. The number of nitrogens with zero attached hydrogens (tertiary/aromatic N) is 2. The average molecular weight is 486 g/mol. The van der Waals surface area contributed by atoms with Gasteiger partial charge in [-0.3, -0.25) is 4.99 Å². The van der Waals surface area contributed by atoms with Crippen molar-refractivity contribution in [2.75, 3.05) is 39.5 Å². The molecular formula is C17H35IN4O2S. The Morgan fingerprint density at radius 2 is 2.04 bits per heavy atom. The molecule has 0 aromatic rings. The maximum Gasteiger partial charge on any atom is 0.213 e. The van der Waals surface area contributed by atoms with Gasteiger partial charge in [-0.15, -0.1) is 30.6 Å². The van der Waals surface area contributed by atoms with Gasteiger partial charge in [0.15, 0.2) is 5.96 Å². The van der Waals surface area contributed by atoms with E-state index in [1.54, 1.807) is 7.05 Å². The van der Waals surface area contributed by atoms with E-state index >= 15 is 0 Å². The van der Waals surface area contributed by atoms with Crippen LogP contribution < -0.4 is 10.0 Å². The maximum absolute atomic E-state index is 12.0. The molecule has 2 N–H and O–H groups in total. The van der Waals surface area contributed by atoms with Gasteiger partial charge in [0, 0.05) is 33.7 Å². The molecule has 0 bridgehead atoms. The third kappa shape index (κ3) is 11.1. The Morgan fingerprint density at radius 3 is 2.60 bits per heavy atom. The number of guanidine groups is 1. The molecule has 1 rings (SSSR count). The van der Waals surface area contributed by atoms with Crippen LogP contribution in [-0.4, -0.2) is 58.8 Å². The van der Waals surface area contributed by atoms with Crippen LogP contribution in [-0.2, 0) is 10.0 Å². The lowest BCUT2D eigenvalue weighted by Crippen LogP contribution is -2.43. The highest BCUT2D eigenvalue weighted by Gasteiger charge is 2.20. The molecule has 0 saturated heterocycles. The highest BCUT2D eigenvalue weighted by molar-refractivity contribution is 14.0. The van der Waals surface area contributed by atoms with E-state index in [9.17, 15) is 8.42 Å². The Kier molecular flexibility index (Phi) is 13.6. The molecule has 1 saturated carbocycles. The molecule has 0 unspecified atom stereocenters. The van der Waals surface area contributed by atoms with E-state index in [4.69, 9.17) is 0 Å². The van der Waals surface area contributed by atoms with E-state index in [1.165, 1.54) is 6.42 Å². The zero-order chi connectivity index (χ0) is 17.8. The standard InChI is InChI=1S/C17H34N4O2S.HI/c1-4-5-6-7-8-13-21(3)17(18-2)19-12-14-24(22,23)20-15-16-10-9-11-16;/h4,16,20H,1,5-15H2,2-3H3,(H,18,19);1H. The average Bonchev–Trinajstić information content (AvgIpc) is 2.49. The second kappa shape index (κ2) is 13.8. The van der Waals surface area contributed by atoms with Crippen LogP contribution >= 0.6 is 24.0 Å². The minimum Gasteiger partial charge on any atom is -0.355 e. The van der Waals surface area contributed by atoms with E-state index in [0.29, 0.717) is 19.0 Å². The molecule has 0 aromatic carbocycles. The van der Waals surface area contributed by atoms with Crippen molar-refractivity contribution in [1.82, 2.24) is 14.9 Å². The predicted octanol–water partition coefficient (Wildman–Crippen LogP) is 2.58. The van der Waals surface area contributed by atoms with E-state index in [2.05, 4.69) is 21.6 Å². The fourth-order valence-electron chi connectivity index (χ4n) is 2.62. The zero-order valence-electron chi connectivity index (χ0n) is 15.7. The number of unbranched alkanes of at least 4 members (excludes halogenated alkanes) is 3. The SMILES string of the molecule is C=CCCCCCN(C)C(=NC)NCCS(=O)(=O)NCC1CCC1.I. The topological polar surface area (TPSA) is 73.8 Å². The molecule has 148 valence electrons. The summed E-state index contributed by atoms with van der Waals surface area (Å²) in [7, 11) is 0.495. The van der Waals surface area contributed by atoms with E-state index < -0.39 is 10.0 Å². The summed E-state index contributed by atoms with van der Waals surface area (Å²) < 4.78 is 26.7.